The Bertz CT molecular complexity index is 32.6. The van der Waals surface area contributed by atoms with Crippen LogP contribution in [-0.4, -0.2) is 15.0 Å². The Morgan fingerprint density at radius 3 is 1.80 bits per heavy atom. The van der Waals surface area contributed by atoms with E-state index in [0.29, 0.717) is 0 Å². The van der Waals surface area contributed by atoms with E-state index in [1.165, 1.54) is 6.26 Å². The molecule has 0 aliphatic rings. The molecule has 0 aromatic heterocycles. The third kappa shape index (κ3) is 4.84. The van der Waals surface area contributed by atoms with Crippen molar-refractivity contribution in [3.05, 3.63) is 0 Å². The molecule has 4 heteroatoms. The molecule has 28 valence electrons. The summed E-state index contributed by atoms with van der Waals surface area (Å²) < 4.78 is 16.6. The molecule has 0 aromatic carbocycles. The summed E-state index contributed by atoms with van der Waals surface area (Å²) in [7, 11) is 0. The largest absolute Gasteiger partial charge is 0.306 e. The molecule has 0 spiro atoms. The Kier molecular flexibility index (Phi) is 5.55. The van der Waals surface area contributed by atoms with Crippen LogP contribution in [-0.2, 0) is 11.1 Å². The van der Waals surface area contributed by atoms with Crippen LogP contribution in [0.15, 0.2) is 0 Å². The Morgan fingerprint density at radius 1 is 1.80 bits per heavy atom. The fourth-order valence-electron chi connectivity index (χ4n) is 0. The normalized spacial score (nSPS) is 12.4. The zero-order valence-electron chi connectivity index (χ0n) is 2.97. The molecule has 1 N–H and O–H groups in total. The van der Waals surface area contributed by atoms with Crippen LogP contribution in [0.4, 0.5) is 0 Å². The zero-order valence-corrected chi connectivity index (χ0v) is 10.2. The molecule has 0 saturated heterocycles. The first-order valence-electron chi connectivity index (χ1n) is 0.757. The smallest absolute Gasteiger partial charge is 0.149 e. The van der Waals surface area contributed by atoms with Gasteiger partial charge in [0.2, 0.25) is 0 Å². The summed E-state index contributed by atoms with van der Waals surface area (Å²) in [5.74, 6) is 0. The Balaban J connectivity index is 0. The van der Waals surface area contributed by atoms with Gasteiger partial charge in [0.15, 0.2) is 0 Å². The maximum absolute atomic E-state index is 9.11. The van der Waals surface area contributed by atoms with Crippen LogP contribution in [0.1, 0.15) is 0 Å². The van der Waals surface area contributed by atoms with Crippen molar-refractivity contribution in [2.24, 2.45) is 0 Å². The molecule has 0 fully saturated rings. The van der Waals surface area contributed by atoms with Gasteiger partial charge in [-0.25, -0.2) is 4.21 Å². The molecule has 0 bridgehead atoms. The maximum Gasteiger partial charge on any atom is 0.149 e. The molecular formula is CH4O2RfS. The monoisotopic (exact) mass is 347 g/mol. The second kappa shape index (κ2) is 3.11. The summed E-state index contributed by atoms with van der Waals surface area (Å²) in [6.07, 6.45) is 1.19. The van der Waals surface area contributed by atoms with Gasteiger partial charge in [-0.05, 0) is 0 Å². The van der Waals surface area contributed by atoms with E-state index < -0.39 is 11.1 Å². The van der Waals surface area contributed by atoms with E-state index in [2.05, 4.69) is 0 Å². The molecule has 0 aromatic rings. The van der Waals surface area contributed by atoms with Crippen LogP contribution in [0, 0.1) is 0 Å². The summed E-state index contributed by atoms with van der Waals surface area (Å²) in [6.45, 7) is 0. The SMILES string of the molecule is CS(=O)O.[Rf]. The fourth-order valence-corrected chi connectivity index (χ4v) is 0. The molecule has 0 radical (unpaired) electrons. The molecule has 0 saturated carbocycles. The predicted molar refractivity (Wildman–Crippen MR) is 16.7 cm³/mol. The van der Waals surface area contributed by atoms with Gasteiger partial charge in [-0.3, -0.25) is 0 Å². The van der Waals surface area contributed by atoms with Crippen molar-refractivity contribution < 1.29 is 8.76 Å². The molecule has 0 heterocycles. The third-order valence-corrected chi connectivity index (χ3v) is 0. The predicted octanol–water partition coefficient (Wildman–Crippen LogP) is -0.162. The Morgan fingerprint density at radius 2 is 1.80 bits per heavy atom. The number of rotatable bonds is 0. The number of hydrogen-bond acceptors (Lipinski definition) is 1. The van der Waals surface area contributed by atoms with Gasteiger partial charge < -0.3 is 4.55 Å². The molecule has 2 nitrogen and oxygen atoms in total. The Hall–Kier alpha value is -0.890. The zero-order chi connectivity index (χ0) is 3.58. The van der Waals surface area contributed by atoms with Crippen molar-refractivity contribution in [1.29, 1.82) is 0 Å². The van der Waals surface area contributed by atoms with Crippen LogP contribution in [0.25, 0.3) is 0 Å². The van der Waals surface area contributed by atoms with Crippen molar-refractivity contribution in [3.8, 4) is 0 Å². The second-order valence-electron chi connectivity index (χ2n) is 0.424. The first-order chi connectivity index (χ1) is 1.73. The van der Waals surface area contributed by atoms with Gasteiger partial charge in [-0.1, -0.05) is 0 Å². The summed E-state index contributed by atoms with van der Waals surface area (Å²) >= 11 is -1.61. The van der Waals surface area contributed by atoms with Crippen LogP contribution < -0.4 is 0 Å². The molecule has 0 aliphatic carbocycles. The summed E-state index contributed by atoms with van der Waals surface area (Å²) in [6, 6.07) is 0. The summed E-state index contributed by atoms with van der Waals surface area (Å²) in [4.78, 5) is 0. The van der Waals surface area contributed by atoms with Crippen LogP contribution in [0.2, 0.25) is 0 Å². The van der Waals surface area contributed by atoms with Crippen molar-refractivity contribution in [3.63, 3.8) is 0 Å². The van der Waals surface area contributed by atoms with E-state index in [-0.39, 0.29) is 0 Å². The van der Waals surface area contributed by atoms with E-state index in [4.69, 9.17) is 8.76 Å². The van der Waals surface area contributed by atoms with Crippen LogP contribution in [0.3, 0.4) is 0 Å². The van der Waals surface area contributed by atoms with Gasteiger partial charge in [0.25, 0.3) is 0 Å². The minimum Gasteiger partial charge on any atom is -0.306 e. The van der Waals surface area contributed by atoms with E-state index in [1.54, 1.807) is 0 Å². The molecule has 0 aliphatic heterocycles. The maximum atomic E-state index is 9.11. The third-order valence-electron chi connectivity index (χ3n) is 0. The average Bonchev–Trinajstić information content (AvgIpc) is 0.811. The van der Waals surface area contributed by atoms with Gasteiger partial charge in [0, 0.05) is 6.26 Å². The fraction of sp³-hybridized carbons (Fsp3) is 1.00. The van der Waals surface area contributed by atoms with Crippen molar-refractivity contribution in [2.75, 3.05) is 6.26 Å². The second-order valence-corrected chi connectivity index (χ2v) is 1.27. The molecule has 1 atom stereocenters. The summed E-state index contributed by atoms with van der Waals surface area (Å²) in [5.41, 5.74) is 0. The first-order valence-corrected chi connectivity index (χ1v) is 2.27. The molecule has 0 amide bonds. The van der Waals surface area contributed by atoms with E-state index >= 15 is 0 Å². The van der Waals surface area contributed by atoms with Crippen molar-refractivity contribution in [1.82, 2.24) is 0 Å². The van der Waals surface area contributed by atoms with Gasteiger partial charge in [-0.15, -0.1) is 0 Å². The van der Waals surface area contributed by atoms with E-state index in [9.17, 15) is 0 Å². The minimum absolute atomic E-state index is 0. The minimum atomic E-state index is -1.61. The standard InChI is InChI=1S/CH4O2S.Rf/c1-4(2)3;/h1H3,(H,2,3);. The van der Waals surface area contributed by atoms with Crippen LogP contribution >= 0.6 is 0 Å². The van der Waals surface area contributed by atoms with Crippen LogP contribution in [0.5, 0.6) is 0 Å². The topological polar surface area (TPSA) is 37.3 Å². The van der Waals surface area contributed by atoms with Gasteiger partial charge >= 0.3 is 0 Å². The van der Waals surface area contributed by atoms with Crippen molar-refractivity contribution in [2.45, 2.75) is 0 Å². The van der Waals surface area contributed by atoms with Crippen molar-refractivity contribution >= 4 is 11.1 Å². The number of hydrogen-bond donors (Lipinski definition) is 1. The molecule has 0 rings (SSSR count). The summed E-state index contributed by atoms with van der Waals surface area (Å²) in [5, 5.41) is 0. The van der Waals surface area contributed by atoms with Gasteiger partial charge in [0.1, 0.15) is 11.1 Å². The first kappa shape index (κ1) is 8.93. The molecule has 1 unspecified atom stereocenters. The van der Waals surface area contributed by atoms with Gasteiger partial charge in [0.05, 0.1) is 0 Å². The van der Waals surface area contributed by atoms with E-state index in [1.807, 2.05) is 0 Å². The average molecular weight is 347 g/mol. The molecular weight excluding hydrogens is 343 g/mol. The van der Waals surface area contributed by atoms with Gasteiger partial charge in [-0.2, -0.15) is 0 Å². The molecule has 5 heavy (non-hydrogen) atoms. The van der Waals surface area contributed by atoms with E-state index in [0.717, 1.165) is 0 Å². The Labute approximate surface area is 27.1 Å². The quantitative estimate of drug-likeness (QED) is 0.619.